The number of thiophene rings is 1. The fourth-order valence-corrected chi connectivity index (χ4v) is 5.63. The molecule has 0 aliphatic rings. The van der Waals surface area contributed by atoms with Crippen LogP contribution in [0.15, 0.2) is 64.5 Å². The third kappa shape index (κ3) is 4.02. The van der Waals surface area contributed by atoms with Gasteiger partial charge >= 0.3 is 0 Å². The summed E-state index contributed by atoms with van der Waals surface area (Å²) < 4.78 is 1.79. The Morgan fingerprint density at radius 2 is 1.76 bits per heavy atom. The van der Waals surface area contributed by atoms with Gasteiger partial charge in [0.2, 0.25) is 0 Å². The van der Waals surface area contributed by atoms with Crippen LogP contribution in [-0.2, 0) is 12.8 Å². The SMILES string of the molecule is CCc1sc2nc(SCCc3ccccc3)n(-c3ccc(C)cc3)c(=O)c2c1C. The van der Waals surface area contributed by atoms with Crippen LogP contribution in [0.2, 0.25) is 0 Å². The first-order valence-electron chi connectivity index (χ1n) is 9.87. The maximum absolute atomic E-state index is 13.5. The molecule has 4 rings (SSSR count). The fraction of sp³-hybridized carbons (Fsp3) is 0.250. The molecule has 0 aliphatic heterocycles. The monoisotopic (exact) mass is 420 g/mol. The molecule has 148 valence electrons. The number of fused-ring (bicyclic) bond motifs is 1. The van der Waals surface area contributed by atoms with Crippen LogP contribution in [0.3, 0.4) is 0 Å². The van der Waals surface area contributed by atoms with Crippen LogP contribution >= 0.6 is 23.1 Å². The molecule has 0 saturated heterocycles. The van der Waals surface area contributed by atoms with E-state index in [9.17, 15) is 4.79 Å². The maximum atomic E-state index is 13.5. The highest BCUT2D eigenvalue weighted by atomic mass is 32.2. The minimum absolute atomic E-state index is 0.0366. The fourth-order valence-electron chi connectivity index (χ4n) is 3.47. The molecule has 4 aromatic rings. The van der Waals surface area contributed by atoms with E-state index in [-0.39, 0.29) is 5.56 Å². The van der Waals surface area contributed by atoms with Gasteiger partial charge in [-0.15, -0.1) is 11.3 Å². The Morgan fingerprint density at radius 3 is 2.45 bits per heavy atom. The van der Waals surface area contributed by atoms with Crippen molar-refractivity contribution in [1.29, 1.82) is 0 Å². The Morgan fingerprint density at radius 1 is 1.03 bits per heavy atom. The molecular weight excluding hydrogens is 396 g/mol. The Hall–Kier alpha value is -2.37. The summed E-state index contributed by atoms with van der Waals surface area (Å²) in [6.45, 7) is 6.23. The van der Waals surface area contributed by atoms with Crippen molar-refractivity contribution in [1.82, 2.24) is 9.55 Å². The van der Waals surface area contributed by atoms with Crippen LogP contribution in [0.1, 0.15) is 28.5 Å². The third-order valence-electron chi connectivity index (χ3n) is 5.11. The number of hydrogen-bond donors (Lipinski definition) is 0. The molecule has 2 aromatic carbocycles. The van der Waals surface area contributed by atoms with Gasteiger partial charge < -0.3 is 0 Å². The van der Waals surface area contributed by atoms with E-state index >= 15 is 0 Å². The topological polar surface area (TPSA) is 34.9 Å². The molecule has 3 nitrogen and oxygen atoms in total. The number of aromatic nitrogens is 2. The zero-order chi connectivity index (χ0) is 20.4. The van der Waals surface area contributed by atoms with Crippen LogP contribution in [0, 0.1) is 13.8 Å². The molecule has 0 saturated carbocycles. The molecule has 0 unspecified atom stereocenters. The van der Waals surface area contributed by atoms with E-state index in [1.165, 1.54) is 16.0 Å². The van der Waals surface area contributed by atoms with Crippen LogP contribution in [0.5, 0.6) is 0 Å². The van der Waals surface area contributed by atoms with Gasteiger partial charge in [-0.2, -0.15) is 0 Å². The van der Waals surface area contributed by atoms with E-state index in [0.717, 1.165) is 45.2 Å². The van der Waals surface area contributed by atoms with Crippen LogP contribution in [0.4, 0.5) is 0 Å². The van der Waals surface area contributed by atoms with Gasteiger partial charge in [-0.25, -0.2) is 4.98 Å². The van der Waals surface area contributed by atoms with Gasteiger partial charge in [0, 0.05) is 10.6 Å². The smallest absolute Gasteiger partial charge is 0.267 e. The predicted octanol–water partition coefficient (Wildman–Crippen LogP) is 5.96. The van der Waals surface area contributed by atoms with Crippen molar-refractivity contribution >= 4 is 33.3 Å². The van der Waals surface area contributed by atoms with E-state index in [2.05, 4.69) is 38.1 Å². The molecule has 0 radical (unpaired) electrons. The minimum Gasteiger partial charge on any atom is -0.268 e. The summed E-state index contributed by atoms with van der Waals surface area (Å²) in [7, 11) is 0. The number of aryl methyl sites for hydroxylation is 4. The van der Waals surface area contributed by atoms with Gasteiger partial charge in [0.25, 0.3) is 5.56 Å². The highest BCUT2D eigenvalue weighted by Gasteiger charge is 2.18. The van der Waals surface area contributed by atoms with Gasteiger partial charge in [-0.1, -0.05) is 66.7 Å². The average molecular weight is 421 g/mol. The van der Waals surface area contributed by atoms with Crippen molar-refractivity contribution in [3.8, 4) is 5.69 Å². The van der Waals surface area contributed by atoms with E-state index in [1.807, 2.05) is 37.3 Å². The van der Waals surface area contributed by atoms with E-state index in [4.69, 9.17) is 4.98 Å². The van der Waals surface area contributed by atoms with Crippen molar-refractivity contribution in [3.05, 3.63) is 86.5 Å². The Bertz CT molecular complexity index is 1190. The summed E-state index contributed by atoms with van der Waals surface area (Å²) in [4.78, 5) is 20.6. The quantitative estimate of drug-likeness (QED) is 0.285. The van der Waals surface area contributed by atoms with E-state index < -0.39 is 0 Å². The van der Waals surface area contributed by atoms with Crippen molar-refractivity contribution in [2.75, 3.05) is 5.75 Å². The number of nitrogens with zero attached hydrogens (tertiary/aromatic N) is 2. The van der Waals surface area contributed by atoms with Crippen LogP contribution in [0.25, 0.3) is 15.9 Å². The minimum atomic E-state index is 0.0366. The molecule has 0 aliphatic carbocycles. The molecule has 0 amide bonds. The first kappa shape index (κ1) is 19.9. The second-order valence-electron chi connectivity index (χ2n) is 7.14. The Balaban J connectivity index is 1.79. The maximum Gasteiger partial charge on any atom is 0.267 e. The van der Waals surface area contributed by atoms with Crippen molar-refractivity contribution < 1.29 is 0 Å². The van der Waals surface area contributed by atoms with Crippen LogP contribution in [-0.4, -0.2) is 15.3 Å². The molecule has 0 fully saturated rings. The van der Waals surface area contributed by atoms with Gasteiger partial charge in [-0.05, 0) is 49.9 Å². The molecule has 5 heteroatoms. The molecule has 2 heterocycles. The number of thioether (sulfide) groups is 1. The van der Waals surface area contributed by atoms with Gasteiger partial charge in [0.1, 0.15) is 4.83 Å². The third-order valence-corrected chi connectivity index (χ3v) is 7.38. The zero-order valence-electron chi connectivity index (χ0n) is 16.9. The molecule has 29 heavy (non-hydrogen) atoms. The summed E-state index contributed by atoms with van der Waals surface area (Å²) in [6, 6.07) is 18.5. The first-order chi connectivity index (χ1) is 14.1. The van der Waals surface area contributed by atoms with Crippen molar-refractivity contribution in [2.24, 2.45) is 0 Å². The normalized spacial score (nSPS) is 11.3. The second-order valence-corrected chi connectivity index (χ2v) is 9.28. The first-order valence-corrected chi connectivity index (χ1v) is 11.7. The molecule has 0 spiro atoms. The lowest BCUT2D eigenvalue weighted by Gasteiger charge is -2.12. The zero-order valence-corrected chi connectivity index (χ0v) is 18.6. The Labute approximate surface area is 179 Å². The van der Waals surface area contributed by atoms with Gasteiger partial charge in [-0.3, -0.25) is 9.36 Å². The standard InChI is InChI=1S/C24H24N2OS2/c1-4-20-17(3)21-22(29-20)25-24(28-15-14-18-8-6-5-7-9-18)26(23(21)27)19-12-10-16(2)11-13-19/h5-13H,4,14-15H2,1-3H3. The average Bonchev–Trinajstić information content (AvgIpc) is 3.06. The number of hydrogen-bond acceptors (Lipinski definition) is 4. The summed E-state index contributed by atoms with van der Waals surface area (Å²) in [5.41, 5.74) is 4.46. The van der Waals surface area contributed by atoms with Gasteiger partial charge in [0.15, 0.2) is 5.16 Å². The van der Waals surface area contributed by atoms with E-state index in [0.29, 0.717) is 0 Å². The number of benzene rings is 2. The summed E-state index contributed by atoms with van der Waals surface area (Å²) in [6.07, 6.45) is 1.87. The molecule has 2 aromatic heterocycles. The highest BCUT2D eigenvalue weighted by molar-refractivity contribution is 7.99. The number of rotatable bonds is 6. The lowest BCUT2D eigenvalue weighted by Crippen LogP contribution is -2.21. The summed E-state index contributed by atoms with van der Waals surface area (Å²) >= 11 is 3.30. The molecule has 0 N–H and O–H groups in total. The van der Waals surface area contributed by atoms with Crippen molar-refractivity contribution in [2.45, 2.75) is 38.8 Å². The Kier molecular flexibility index (Phi) is 5.88. The van der Waals surface area contributed by atoms with Crippen molar-refractivity contribution in [3.63, 3.8) is 0 Å². The lowest BCUT2D eigenvalue weighted by molar-refractivity contribution is 0.821. The van der Waals surface area contributed by atoms with E-state index in [1.54, 1.807) is 27.7 Å². The molecular formula is C24H24N2OS2. The largest absolute Gasteiger partial charge is 0.268 e. The lowest BCUT2D eigenvalue weighted by atomic mass is 10.2. The molecule has 0 atom stereocenters. The molecule has 0 bridgehead atoms. The predicted molar refractivity (Wildman–Crippen MR) is 125 cm³/mol. The second kappa shape index (κ2) is 8.56. The summed E-state index contributed by atoms with van der Waals surface area (Å²) in [5.74, 6) is 0.874. The highest BCUT2D eigenvalue weighted by Crippen LogP contribution is 2.30. The van der Waals surface area contributed by atoms with Gasteiger partial charge in [0.05, 0.1) is 11.1 Å². The van der Waals surface area contributed by atoms with Crippen LogP contribution < -0.4 is 5.56 Å². The summed E-state index contributed by atoms with van der Waals surface area (Å²) in [5, 5.41) is 1.53.